The van der Waals surface area contributed by atoms with Crippen molar-refractivity contribution < 1.29 is 14.3 Å². The highest BCUT2D eigenvalue weighted by molar-refractivity contribution is 5.94. The number of piperidine rings is 1. The van der Waals surface area contributed by atoms with Crippen molar-refractivity contribution in [1.29, 1.82) is 0 Å². The van der Waals surface area contributed by atoms with E-state index in [2.05, 4.69) is 39.9 Å². The predicted molar refractivity (Wildman–Crippen MR) is 113 cm³/mol. The quantitative estimate of drug-likeness (QED) is 0.678. The normalized spacial score (nSPS) is 18.5. The van der Waals surface area contributed by atoms with Gasteiger partial charge >= 0.3 is 0 Å². The number of nitrogens with zero attached hydrogens (tertiary/aromatic N) is 1. The third-order valence-corrected chi connectivity index (χ3v) is 5.29. The number of hydrogen-bond donors (Lipinski definition) is 1. The van der Waals surface area contributed by atoms with Crippen LogP contribution in [-0.2, 0) is 4.79 Å². The zero-order valence-corrected chi connectivity index (χ0v) is 18.3. The number of rotatable bonds is 8. The molecule has 0 saturated carbocycles. The first-order chi connectivity index (χ1) is 13.0. The van der Waals surface area contributed by atoms with Gasteiger partial charge in [0.05, 0.1) is 0 Å². The summed E-state index contributed by atoms with van der Waals surface area (Å²) in [7, 11) is 0. The lowest BCUT2D eigenvalue weighted by atomic mass is 9.79. The van der Waals surface area contributed by atoms with Gasteiger partial charge in [-0.1, -0.05) is 25.5 Å². The smallest absolute Gasteiger partial charge is 0.260 e. The Morgan fingerprint density at radius 3 is 2.39 bits per heavy atom. The highest BCUT2D eigenvalue weighted by Gasteiger charge is 2.41. The number of carbonyl (C=O) groups excluding carboxylic acids is 2. The summed E-state index contributed by atoms with van der Waals surface area (Å²) in [6.45, 7) is 13.2. The van der Waals surface area contributed by atoms with Crippen molar-refractivity contribution in [2.75, 3.05) is 13.2 Å². The van der Waals surface area contributed by atoms with Crippen LogP contribution in [0.1, 0.15) is 77.6 Å². The maximum atomic E-state index is 13.1. The Morgan fingerprint density at radius 1 is 1.18 bits per heavy atom. The molecule has 1 heterocycles. The van der Waals surface area contributed by atoms with Crippen LogP contribution < -0.4 is 10.1 Å². The Labute approximate surface area is 169 Å². The van der Waals surface area contributed by atoms with Gasteiger partial charge in [0.2, 0.25) is 0 Å². The molecule has 1 aliphatic heterocycles. The first-order valence-electron chi connectivity index (χ1n) is 10.4. The van der Waals surface area contributed by atoms with Gasteiger partial charge in [0.15, 0.2) is 12.4 Å². The minimum absolute atomic E-state index is 0.00411. The van der Waals surface area contributed by atoms with Crippen molar-refractivity contribution >= 4 is 11.7 Å². The minimum Gasteiger partial charge on any atom is -0.484 e. The number of benzene rings is 1. The predicted octanol–water partition coefficient (Wildman–Crippen LogP) is 4.21. The molecule has 1 aliphatic rings. The molecule has 1 aromatic rings. The minimum atomic E-state index is -0.0200. The first-order valence-corrected chi connectivity index (χ1v) is 10.4. The number of ketones is 1. The van der Waals surface area contributed by atoms with Crippen LogP contribution in [0, 0.1) is 0 Å². The largest absolute Gasteiger partial charge is 0.484 e. The van der Waals surface area contributed by atoms with Gasteiger partial charge in [-0.15, -0.1) is 0 Å². The van der Waals surface area contributed by atoms with Crippen molar-refractivity contribution in [1.82, 2.24) is 10.2 Å². The lowest BCUT2D eigenvalue weighted by Gasteiger charge is -2.49. The molecule has 1 N–H and O–H groups in total. The van der Waals surface area contributed by atoms with Crippen LogP contribution in [0.5, 0.6) is 5.75 Å². The third-order valence-electron chi connectivity index (χ3n) is 5.29. The summed E-state index contributed by atoms with van der Waals surface area (Å²) in [6.07, 6.45) is 3.87. The lowest BCUT2D eigenvalue weighted by molar-refractivity contribution is -0.137. The van der Waals surface area contributed by atoms with E-state index in [1.165, 1.54) is 6.92 Å². The molecule has 0 bridgehead atoms. The zero-order chi connectivity index (χ0) is 20.9. The summed E-state index contributed by atoms with van der Waals surface area (Å²) in [4.78, 5) is 26.6. The van der Waals surface area contributed by atoms with Crippen molar-refractivity contribution in [3.05, 3.63) is 29.8 Å². The van der Waals surface area contributed by atoms with Crippen LogP contribution in [0.3, 0.4) is 0 Å². The molecule has 0 unspecified atom stereocenters. The molecule has 2 rings (SSSR count). The van der Waals surface area contributed by atoms with Crippen LogP contribution in [0.15, 0.2) is 24.3 Å². The van der Waals surface area contributed by atoms with Crippen LogP contribution in [-0.4, -0.2) is 46.9 Å². The fourth-order valence-corrected chi connectivity index (χ4v) is 4.36. The second kappa shape index (κ2) is 9.08. The molecule has 1 amide bonds. The van der Waals surface area contributed by atoms with E-state index >= 15 is 0 Å². The van der Waals surface area contributed by atoms with Gasteiger partial charge in [-0.2, -0.15) is 0 Å². The third kappa shape index (κ3) is 6.33. The molecule has 1 aromatic carbocycles. The number of amides is 1. The van der Waals surface area contributed by atoms with E-state index in [0.717, 1.165) is 32.2 Å². The number of hydrogen-bond acceptors (Lipinski definition) is 4. The Morgan fingerprint density at radius 2 is 1.82 bits per heavy atom. The van der Waals surface area contributed by atoms with Crippen LogP contribution in [0.25, 0.3) is 0 Å². The van der Waals surface area contributed by atoms with Gasteiger partial charge in [-0.25, -0.2) is 0 Å². The van der Waals surface area contributed by atoms with Gasteiger partial charge in [0.1, 0.15) is 5.75 Å². The van der Waals surface area contributed by atoms with Crippen molar-refractivity contribution in [2.24, 2.45) is 0 Å². The van der Waals surface area contributed by atoms with Crippen molar-refractivity contribution in [3.8, 4) is 5.75 Å². The van der Waals surface area contributed by atoms with Gasteiger partial charge in [-0.05, 0) is 66.0 Å². The summed E-state index contributed by atoms with van der Waals surface area (Å²) in [6, 6.07) is 7.21. The van der Waals surface area contributed by atoms with Gasteiger partial charge < -0.3 is 15.0 Å². The summed E-state index contributed by atoms with van der Waals surface area (Å²) in [5.41, 5.74) is 0.552. The van der Waals surface area contributed by atoms with E-state index in [9.17, 15) is 9.59 Å². The standard InChI is InChI=1S/C23H36N2O3/c1-7-8-12-25(19-14-22(3,4)24-23(5,6)15-19)21(27)16-28-20-11-9-10-18(13-20)17(2)26/h9-11,13,19,24H,7-8,12,14-16H2,1-6H3. The number of Topliss-reactive ketones (excluding diaryl/α,β-unsaturated/α-hetero) is 1. The Kier molecular flexibility index (Phi) is 7.27. The maximum Gasteiger partial charge on any atom is 0.260 e. The zero-order valence-electron chi connectivity index (χ0n) is 18.3. The lowest BCUT2D eigenvalue weighted by Crippen LogP contribution is -2.63. The molecule has 156 valence electrons. The number of ether oxygens (including phenoxy) is 1. The average molecular weight is 389 g/mol. The molecule has 5 nitrogen and oxygen atoms in total. The maximum absolute atomic E-state index is 13.1. The topological polar surface area (TPSA) is 58.6 Å². The summed E-state index contributed by atoms with van der Waals surface area (Å²) in [5.74, 6) is 0.558. The molecule has 28 heavy (non-hydrogen) atoms. The van der Waals surface area contributed by atoms with E-state index in [-0.39, 0.29) is 35.4 Å². The number of carbonyl (C=O) groups is 2. The van der Waals surface area contributed by atoms with Crippen molar-refractivity contribution in [2.45, 2.75) is 84.3 Å². The first kappa shape index (κ1) is 22.4. The Balaban J connectivity index is 2.10. The van der Waals surface area contributed by atoms with Gasteiger partial charge in [0, 0.05) is 29.2 Å². The molecule has 1 saturated heterocycles. The van der Waals surface area contributed by atoms with E-state index < -0.39 is 0 Å². The molecule has 0 aliphatic carbocycles. The fraction of sp³-hybridized carbons (Fsp3) is 0.652. The van der Waals surface area contributed by atoms with E-state index in [1.54, 1.807) is 24.3 Å². The monoisotopic (exact) mass is 388 g/mol. The van der Waals surface area contributed by atoms with Crippen LogP contribution in [0.2, 0.25) is 0 Å². The molecule has 0 atom stereocenters. The second-order valence-corrected chi connectivity index (χ2v) is 9.27. The number of unbranched alkanes of at least 4 members (excludes halogenated alkanes) is 1. The Hall–Kier alpha value is -1.88. The van der Waals surface area contributed by atoms with Gasteiger partial charge in [0.25, 0.3) is 5.91 Å². The SMILES string of the molecule is CCCCN(C(=O)COc1cccc(C(C)=O)c1)C1CC(C)(C)NC(C)(C)C1. The molecule has 0 aromatic heterocycles. The average Bonchev–Trinajstić information content (AvgIpc) is 2.58. The summed E-state index contributed by atoms with van der Waals surface area (Å²) in [5, 5.41) is 3.69. The second-order valence-electron chi connectivity index (χ2n) is 9.27. The fourth-order valence-electron chi connectivity index (χ4n) is 4.36. The van der Waals surface area contributed by atoms with Crippen LogP contribution in [0.4, 0.5) is 0 Å². The van der Waals surface area contributed by atoms with E-state index in [4.69, 9.17) is 4.74 Å². The summed E-state index contributed by atoms with van der Waals surface area (Å²) < 4.78 is 5.76. The number of nitrogens with one attached hydrogen (secondary N) is 1. The molecule has 0 radical (unpaired) electrons. The molecule has 5 heteroatoms. The summed E-state index contributed by atoms with van der Waals surface area (Å²) >= 11 is 0. The molecular weight excluding hydrogens is 352 g/mol. The molecule has 1 fully saturated rings. The molecular formula is C23H36N2O3. The highest BCUT2D eigenvalue weighted by atomic mass is 16.5. The van der Waals surface area contributed by atoms with Crippen molar-refractivity contribution in [3.63, 3.8) is 0 Å². The molecule has 0 spiro atoms. The van der Waals surface area contributed by atoms with E-state index in [1.807, 2.05) is 4.90 Å². The highest BCUT2D eigenvalue weighted by Crippen LogP contribution is 2.32. The van der Waals surface area contributed by atoms with E-state index in [0.29, 0.717) is 11.3 Å². The van der Waals surface area contributed by atoms with Gasteiger partial charge in [-0.3, -0.25) is 9.59 Å². The Bertz CT molecular complexity index is 681. The van der Waals surface area contributed by atoms with Crippen LogP contribution >= 0.6 is 0 Å².